The molecule has 1 aliphatic heterocycles. The van der Waals surface area contributed by atoms with Crippen LogP contribution in [-0.2, 0) is 23.8 Å². The normalized spacial score (nSPS) is 44.4. The van der Waals surface area contributed by atoms with Crippen LogP contribution >= 0.6 is 0 Å². The van der Waals surface area contributed by atoms with Crippen LogP contribution in [0, 0.1) is 0 Å². The first kappa shape index (κ1) is 24.8. The first-order valence-electron chi connectivity index (χ1n) is 9.08. The molecule has 11 atom stereocenters. The molecule has 174 valence electrons. The van der Waals surface area contributed by atoms with E-state index in [4.69, 9.17) is 14.2 Å². The van der Waals surface area contributed by atoms with Gasteiger partial charge in [0.05, 0.1) is 12.8 Å². The summed E-state index contributed by atoms with van der Waals surface area (Å²) in [5.74, 6) is -2.05. The third kappa shape index (κ3) is 5.42. The van der Waals surface area contributed by atoms with E-state index < -0.39 is 98.7 Å². The third-order valence-electron chi connectivity index (χ3n) is 4.97. The SMILES string of the molecule is O=C(CCC(=O)O[C@@H]1C(O)C(O)[C@@H](O)C(O)[C@H]1O)OCC1O[C@@H](O)[C@@H](O)C(O)[C@@H]1O. The van der Waals surface area contributed by atoms with Crippen molar-refractivity contribution in [3.8, 4) is 0 Å². The quantitative estimate of drug-likeness (QED) is 0.174. The highest BCUT2D eigenvalue weighted by molar-refractivity contribution is 5.77. The van der Waals surface area contributed by atoms with E-state index >= 15 is 0 Å². The Hall–Kier alpha value is -1.46. The van der Waals surface area contributed by atoms with Crippen molar-refractivity contribution in [2.75, 3.05) is 6.61 Å². The molecule has 2 aliphatic rings. The van der Waals surface area contributed by atoms with Crippen molar-refractivity contribution in [3.05, 3.63) is 0 Å². The molecular formula is C16H26O14. The number of ether oxygens (including phenoxy) is 3. The number of esters is 2. The van der Waals surface area contributed by atoms with Crippen LogP contribution in [0.2, 0.25) is 0 Å². The Kier molecular flexibility index (Phi) is 8.46. The molecule has 0 amide bonds. The van der Waals surface area contributed by atoms with Gasteiger partial charge in [0, 0.05) is 0 Å². The average Bonchev–Trinajstić information content (AvgIpc) is 2.72. The van der Waals surface area contributed by atoms with E-state index in [0.29, 0.717) is 0 Å². The van der Waals surface area contributed by atoms with E-state index in [-0.39, 0.29) is 0 Å². The fourth-order valence-corrected chi connectivity index (χ4v) is 3.07. The molecule has 5 unspecified atom stereocenters. The molecule has 1 aliphatic carbocycles. The molecular weight excluding hydrogens is 416 g/mol. The van der Waals surface area contributed by atoms with Crippen LogP contribution in [-0.4, -0.2) is 132 Å². The van der Waals surface area contributed by atoms with Gasteiger partial charge in [0.2, 0.25) is 0 Å². The molecule has 2 fully saturated rings. The Bertz CT molecular complexity index is 584. The standard InChI is InChI=1S/C16H26O14/c17-5(28-3-4-7(19)8(20)14(26)16(27)29-4)1-2-6(18)30-15-12(24)10(22)9(21)11(23)13(15)25/h4,7-16,19-27H,1-3H2/t4?,7-,8?,9-,10?,11?,12?,13-,14+,15-,16-/m1/s1. The van der Waals surface area contributed by atoms with Crippen LogP contribution in [0.5, 0.6) is 0 Å². The summed E-state index contributed by atoms with van der Waals surface area (Å²) in [6.07, 6.45) is -20.5. The number of aliphatic hydroxyl groups excluding tert-OH is 9. The minimum Gasteiger partial charge on any atom is -0.463 e. The molecule has 30 heavy (non-hydrogen) atoms. The molecule has 2 rings (SSSR count). The smallest absolute Gasteiger partial charge is 0.306 e. The molecule has 14 nitrogen and oxygen atoms in total. The lowest BCUT2D eigenvalue weighted by atomic mass is 9.85. The van der Waals surface area contributed by atoms with Crippen molar-refractivity contribution in [3.63, 3.8) is 0 Å². The van der Waals surface area contributed by atoms with Gasteiger partial charge in [-0.15, -0.1) is 0 Å². The number of carbonyl (C=O) groups is 2. The minimum absolute atomic E-state index is 0.540. The number of carbonyl (C=O) groups excluding carboxylic acids is 2. The van der Waals surface area contributed by atoms with Crippen molar-refractivity contribution in [2.45, 2.75) is 80.2 Å². The predicted molar refractivity (Wildman–Crippen MR) is 89.0 cm³/mol. The molecule has 1 heterocycles. The monoisotopic (exact) mass is 442 g/mol. The van der Waals surface area contributed by atoms with E-state index in [9.17, 15) is 55.5 Å². The summed E-state index contributed by atoms with van der Waals surface area (Å²) in [6, 6.07) is 0. The van der Waals surface area contributed by atoms with E-state index in [1.54, 1.807) is 0 Å². The Balaban J connectivity index is 1.77. The Morgan fingerprint density at radius 2 is 1.10 bits per heavy atom. The summed E-state index contributed by atoms with van der Waals surface area (Å²) >= 11 is 0. The second kappa shape index (κ2) is 10.2. The number of hydrogen-bond donors (Lipinski definition) is 9. The summed E-state index contributed by atoms with van der Waals surface area (Å²) in [5.41, 5.74) is 0. The van der Waals surface area contributed by atoms with E-state index in [1.165, 1.54) is 0 Å². The molecule has 0 aromatic heterocycles. The van der Waals surface area contributed by atoms with Crippen molar-refractivity contribution in [1.82, 2.24) is 0 Å². The fraction of sp³-hybridized carbons (Fsp3) is 0.875. The van der Waals surface area contributed by atoms with Gasteiger partial charge in [-0.05, 0) is 0 Å². The Morgan fingerprint density at radius 3 is 1.67 bits per heavy atom. The lowest BCUT2D eigenvalue weighted by Gasteiger charge is -2.41. The van der Waals surface area contributed by atoms with E-state index in [0.717, 1.165) is 0 Å². The number of rotatable bonds is 6. The summed E-state index contributed by atoms with van der Waals surface area (Å²) in [6.45, 7) is -0.605. The molecule has 0 radical (unpaired) electrons. The van der Waals surface area contributed by atoms with Crippen molar-refractivity contribution in [2.24, 2.45) is 0 Å². The summed E-state index contributed by atoms with van der Waals surface area (Å²) in [7, 11) is 0. The van der Waals surface area contributed by atoms with Gasteiger partial charge in [0.15, 0.2) is 12.4 Å². The maximum absolute atomic E-state index is 11.8. The lowest BCUT2D eigenvalue weighted by molar-refractivity contribution is -0.287. The highest BCUT2D eigenvalue weighted by atomic mass is 16.7. The van der Waals surface area contributed by atoms with Gasteiger partial charge < -0.3 is 60.2 Å². The highest BCUT2D eigenvalue weighted by Crippen LogP contribution is 2.24. The predicted octanol–water partition coefficient (Wildman–Crippen LogP) is -6.16. The molecule has 14 heteroatoms. The maximum Gasteiger partial charge on any atom is 0.306 e. The molecule has 0 aromatic carbocycles. The van der Waals surface area contributed by atoms with Crippen LogP contribution in [0.25, 0.3) is 0 Å². The van der Waals surface area contributed by atoms with Gasteiger partial charge in [0.25, 0.3) is 0 Å². The zero-order chi connectivity index (χ0) is 22.7. The van der Waals surface area contributed by atoms with Crippen molar-refractivity contribution in [1.29, 1.82) is 0 Å². The number of hydrogen-bond acceptors (Lipinski definition) is 14. The zero-order valence-corrected chi connectivity index (χ0v) is 15.5. The molecule has 0 aromatic rings. The molecule has 1 saturated carbocycles. The highest BCUT2D eigenvalue weighted by Gasteiger charge is 2.50. The topological polar surface area (TPSA) is 244 Å². The van der Waals surface area contributed by atoms with Gasteiger partial charge >= 0.3 is 11.9 Å². The van der Waals surface area contributed by atoms with Gasteiger partial charge in [-0.2, -0.15) is 0 Å². The van der Waals surface area contributed by atoms with Crippen molar-refractivity contribution < 1.29 is 69.8 Å². The maximum atomic E-state index is 11.8. The van der Waals surface area contributed by atoms with E-state index in [1.807, 2.05) is 0 Å². The second-order valence-electron chi connectivity index (χ2n) is 7.13. The average molecular weight is 442 g/mol. The second-order valence-corrected chi connectivity index (χ2v) is 7.13. The Labute approximate surface area is 169 Å². The molecule has 0 bridgehead atoms. The van der Waals surface area contributed by atoms with Gasteiger partial charge in [-0.3, -0.25) is 9.59 Å². The van der Waals surface area contributed by atoms with Crippen LogP contribution in [0.4, 0.5) is 0 Å². The largest absolute Gasteiger partial charge is 0.463 e. The first-order chi connectivity index (χ1) is 14.0. The summed E-state index contributed by atoms with van der Waals surface area (Å²) in [4.78, 5) is 23.6. The molecule has 9 N–H and O–H groups in total. The summed E-state index contributed by atoms with van der Waals surface area (Å²) < 4.78 is 14.4. The van der Waals surface area contributed by atoms with Gasteiger partial charge in [-0.25, -0.2) is 0 Å². The van der Waals surface area contributed by atoms with Crippen LogP contribution in [0.3, 0.4) is 0 Å². The van der Waals surface area contributed by atoms with E-state index in [2.05, 4.69) is 0 Å². The molecule has 0 spiro atoms. The minimum atomic E-state index is -1.88. The lowest BCUT2D eigenvalue weighted by Crippen LogP contribution is -2.64. The first-order valence-corrected chi connectivity index (χ1v) is 9.08. The number of aliphatic hydroxyl groups is 9. The Morgan fingerprint density at radius 1 is 0.633 bits per heavy atom. The zero-order valence-electron chi connectivity index (χ0n) is 15.5. The summed E-state index contributed by atoms with van der Waals surface area (Å²) in [5, 5.41) is 86.2. The molecule has 1 saturated heterocycles. The van der Waals surface area contributed by atoms with Gasteiger partial charge in [0.1, 0.15) is 61.5 Å². The van der Waals surface area contributed by atoms with Crippen LogP contribution < -0.4 is 0 Å². The van der Waals surface area contributed by atoms with Crippen molar-refractivity contribution >= 4 is 11.9 Å². The van der Waals surface area contributed by atoms with Crippen LogP contribution in [0.1, 0.15) is 12.8 Å². The van der Waals surface area contributed by atoms with Crippen LogP contribution in [0.15, 0.2) is 0 Å². The third-order valence-corrected chi connectivity index (χ3v) is 4.97. The van der Waals surface area contributed by atoms with Gasteiger partial charge in [-0.1, -0.05) is 0 Å². The fourth-order valence-electron chi connectivity index (χ4n) is 3.07.